The van der Waals surface area contributed by atoms with Gasteiger partial charge in [-0.05, 0) is 24.8 Å². The van der Waals surface area contributed by atoms with Gasteiger partial charge in [0, 0.05) is 5.70 Å². The standard InChI is InChI=1S/C10H17N/c1-2-3-4-9-5-7-10(11)8-6-9/h5,7-9H,2-4,6,11H2,1H3. The third kappa shape index (κ3) is 2.79. The van der Waals surface area contributed by atoms with Crippen LogP contribution in [0.4, 0.5) is 0 Å². The molecule has 0 bridgehead atoms. The van der Waals surface area contributed by atoms with Crippen molar-refractivity contribution in [3.63, 3.8) is 0 Å². The van der Waals surface area contributed by atoms with Crippen molar-refractivity contribution in [3.05, 3.63) is 23.9 Å². The summed E-state index contributed by atoms with van der Waals surface area (Å²) in [7, 11) is 0. The molecule has 0 spiro atoms. The van der Waals surface area contributed by atoms with E-state index in [0.717, 1.165) is 18.0 Å². The predicted octanol–water partition coefficient (Wildman–Crippen LogP) is 2.60. The fourth-order valence-electron chi connectivity index (χ4n) is 1.36. The molecule has 0 aromatic carbocycles. The molecule has 1 rings (SSSR count). The zero-order valence-electron chi connectivity index (χ0n) is 7.22. The Hall–Kier alpha value is -0.720. The maximum absolute atomic E-state index is 5.60. The Labute approximate surface area is 69.0 Å². The van der Waals surface area contributed by atoms with E-state index in [2.05, 4.69) is 19.1 Å². The van der Waals surface area contributed by atoms with E-state index in [1.807, 2.05) is 6.08 Å². The van der Waals surface area contributed by atoms with E-state index in [-0.39, 0.29) is 0 Å². The van der Waals surface area contributed by atoms with Gasteiger partial charge in [-0.2, -0.15) is 0 Å². The molecule has 0 saturated carbocycles. The minimum atomic E-state index is 0.752. The molecule has 0 aliphatic heterocycles. The van der Waals surface area contributed by atoms with Gasteiger partial charge in [0.25, 0.3) is 0 Å². The van der Waals surface area contributed by atoms with E-state index in [9.17, 15) is 0 Å². The summed E-state index contributed by atoms with van der Waals surface area (Å²) in [5, 5.41) is 0. The highest BCUT2D eigenvalue weighted by atomic mass is 14.6. The van der Waals surface area contributed by atoms with E-state index in [1.165, 1.54) is 19.3 Å². The summed E-state index contributed by atoms with van der Waals surface area (Å²) in [6.45, 7) is 2.23. The van der Waals surface area contributed by atoms with Gasteiger partial charge in [0.1, 0.15) is 0 Å². The Morgan fingerprint density at radius 1 is 1.64 bits per heavy atom. The largest absolute Gasteiger partial charge is 0.399 e. The highest BCUT2D eigenvalue weighted by Crippen LogP contribution is 2.19. The first-order valence-corrected chi connectivity index (χ1v) is 4.46. The van der Waals surface area contributed by atoms with Gasteiger partial charge in [-0.1, -0.05) is 31.9 Å². The van der Waals surface area contributed by atoms with Crippen LogP contribution in [0.1, 0.15) is 32.6 Å². The lowest BCUT2D eigenvalue weighted by molar-refractivity contribution is 0.555. The average Bonchev–Trinajstić information content (AvgIpc) is 2.04. The Morgan fingerprint density at radius 2 is 2.45 bits per heavy atom. The second-order valence-corrected chi connectivity index (χ2v) is 3.20. The van der Waals surface area contributed by atoms with Crippen LogP contribution in [0.15, 0.2) is 23.9 Å². The zero-order chi connectivity index (χ0) is 8.10. The van der Waals surface area contributed by atoms with Gasteiger partial charge >= 0.3 is 0 Å². The summed E-state index contributed by atoms with van der Waals surface area (Å²) in [4.78, 5) is 0. The van der Waals surface area contributed by atoms with Crippen LogP contribution >= 0.6 is 0 Å². The summed E-state index contributed by atoms with van der Waals surface area (Å²) in [6, 6.07) is 0. The molecule has 1 atom stereocenters. The summed E-state index contributed by atoms with van der Waals surface area (Å²) >= 11 is 0. The van der Waals surface area contributed by atoms with Crippen molar-refractivity contribution in [2.75, 3.05) is 0 Å². The molecule has 0 amide bonds. The van der Waals surface area contributed by atoms with Crippen LogP contribution < -0.4 is 5.73 Å². The van der Waals surface area contributed by atoms with E-state index in [4.69, 9.17) is 5.73 Å². The van der Waals surface area contributed by atoms with Gasteiger partial charge in [0.15, 0.2) is 0 Å². The molecule has 1 heteroatoms. The van der Waals surface area contributed by atoms with E-state index < -0.39 is 0 Å². The fourth-order valence-corrected chi connectivity index (χ4v) is 1.36. The molecular weight excluding hydrogens is 134 g/mol. The normalized spacial score (nSPS) is 23.4. The summed E-state index contributed by atoms with van der Waals surface area (Å²) in [5.74, 6) is 0.752. The fraction of sp³-hybridized carbons (Fsp3) is 0.600. The van der Waals surface area contributed by atoms with E-state index in [0.29, 0.717) is 0 Å². The molecule has 1 aliphatic rings. The lowest BCUT2D eigenvalue weighted by Gasteiger charge is -2.13. The third-order valence-electron chi connectivity index (χ3n) is 2.15. The Balaban J connectivity index is 2.25. The molecule has 0 fully saturated rings. The van der Waals surface area contributed by atoms with Crippen molar-refractivity contribution in [1.82, 2.24) is 0 Å². The van der Waals surface area contributed by atoms with Gasteiger partial charge in [-0.3, -0.25) is 0 Å². The minimum Gasteiger partial charge on any atom is -0.399 e. The van der Waals surface area contributed by atoms with Crippen LogP contribution in [0.25, 0.3) is 0 Å². The van der Waals surface area contributed by atoms with Crippen molar-refractivity contribution in [1.29, 1.82) is 0 Å². The lowest BCUT2D eigenvalue weighted by Crippen LogP contribution is -2.03. The Bertz CT molecular complexity index is 168. The SMILES string of the molecule is CCCCC1C=CC(N)=CC1. The summed E-state index contributed by atoms with van der Waals surface area (Å²) in [6.07, 6.45) is 11.5. The summed E-state index contributed by atoms with van der Waals surface area (Å²) in [5.41, 5.74) is 6.53. The monoisotopic (exact) mass is 151 g/mol. The maximum Gasteiger partial charge on any atom is 0.0270 e. The first-order valence-electron chi connectivity index (χ1n) is 4.46. The van der Waals surface area contributed by atoms with Crippen molar-refractivity contribution in [2.45, 2.75) is 32.6 Å². The quantitative estimate of drug-likeness (QED) is 0.659. The molecule has 1 aliphatic carbocycles. The van der Waals surface area contributed by atoms with Gasteiger partial charge < -0.3 is 5.73 Å². The van der Waals surface area contributed by atoms with Crippen molar-refractivity contribution >= 4 is 0 Å². The lowest BCUT2D eigenvalue weighted by atomic mass is 9.94. The molecule has 0 aromatic heterocycles. The number of allylic oxidation sites excluding steroid dienone is 3. The molecule has 0 heterocycles. The molecule has 0 aromatic rings. The first-order chi connectivity index (χ1) is 5.33. The second kappa shape index (κ2) is 4.22. The number of hydrogen-bond acceptors (Lipinski definition) is 1. The van der Waals surface area contributed by atoms with Crippen LogP contribution in [0.2, 0.25) is 0 Å². The smallest absolute Gasteiger partial charge is 0.0270 e. The molecule has 2 N–H and O–H groups in total. The topological polar surface area (TPSA) is 26.0 Å². The average molecular weight is 151 g/mol. The van der Waals surface area contributed by atoms with Crippen molar-refractivity contribution in [2.24, 2.45) is 11.7 Å². The summed E-state index contributed by atoms with van der Waals surface area (Å²) < 4.78 is 0. The third-order valence-corrected chi connectivity index (χ3v) is 2.15. The molecule has 1 nitrogen and oxygen atoms in total. The van der Waals surface area contributed by atoms with Crippen LogP contribution in [0.3, 0.4) is 0 Å². The number of unbranched alkanes of at least 4 members (excludes halogenated alkanes) is 1. The Morgan fingerprint density at radius 3 is 3.00 bits per heavy atom. The zero-order valence-corrected chi connectivity index (χ0v) is 7.22. The van der Waals surface area contributed by atoms with Crippen molar-refractivity contribution < 1.29 is 0 Å². The van der Waals surface area contributed by atoms with Gasteiger partial charge in [-0.15, -0.1) is 0 Å². The molecule has 62 valence electrons. The van der Waals surface area contributed by atoms with Crippen LogP contribution in [-0.4, -0.2) is 0 Å². The predicted molar refractivity (Wildman–Crippen MR) is 49.0 cm³/mol. The molecular formula is C10H17N. The minimum absolute atomic E-state index is 0.752. The van der Waals surface area contributed by atoms with Crippen LogP contribution in [0, 0.1) is 5.92 Å². The van der Waals surface area contributed by atoms with E-state index >= 15 is 0 Å². The molecule has 0 radical (unpaired) electrons. The highest BCUT2D eigenvalue weighted by molar-refractivity contribution is 5.20. The first kappa shape index (κ1) is 8.38. The molecule has 0 saturated heterocycles. The van der Waals surface area contributed by atoms with Gasteiger partial charge in [0.2, 0.25) is 0 Å². The van der Waals surface area contributed by atoms with Crippen LogP contribution in [-0.2, 0) is 0 Å². The molecule has 11 heavy (non-hydrogen) atoms. The van der Waals surface area contributed by atoms with Gasteiger partial charge in [0.05, 0.1) is 0 Å². The number of rotatable bonds is 3. The van der Waals surface area contributed by atoms with E-state index in [1.54, 1.807) is 0 Å². The van der Waals surface area contributed by atoms with Crippen molar-refractivity contribution in [3.8, 4) is 0 Å². The van der Waals surface area contributed by atoms with Crippen LogP contribution in [0.5, 0.6) is 0 Å². The number of hydrogen-bond donors (Lipinski definition) is 1. The Kier molecular flexibility index (Phi) is 3.21. The maximum atomic E-state index is 5.60. The molecule has 1 unspecified atom stereocenters. The second-order valence-electron chi connectivity index (χ2n) is 3.20. The number of nitrogens with two attached hydrogens (primary N) is 1. The highest BCUT2D eigenvalue weighted by Gasteiger charge is 2.05. The van der Waals surface area contributed by atoms with Gasteiger partial charge in [-0.25, -0.2) is 0 Å².